The zero-order valence-corrected chi connectivity index (χ0v) is 38.5. The van der Waals surface area contributed by atoms with Crippen molar-refractivity contribution in [1.29, 1.82) is 0 Å². The Balaban J connectivity index is 1.60. The highest BCUT2D eigenvalue weighted by Crippen LogP contribution is 2.45. The second-order valence-corrected chi connectivity index (χ2v) is 19.3. The number of carbonyl (C=O) groups excluding carboxylic acids is 2. The van der Waals surface area contributed by atoms with Crippen LogP contribution >= 0.6 is 11.8 Å². The van der Waals surface area contributed by atoms with Crippen LogP contribution in [-0.2, 0) is 49.3 Å². The molecule has 1 aromatic rings. The van der Waals surface area contributed by atoms with E-state index in [4.69, 9.17) is 42.6 Å². The Labute approximate surface area is 359 Å². The van der Waals surface area contributed by atoms with Crippen molar-refractivity contribution in [3.63, 3.8) is 0 Å². The van der Waals surface area contributed by atoms with Crippen LogP contribution in [0.15, 0.2) is 27.8 Å². The van der Waals surface area contributed by atoms with Gasteiger partial charge >= 0.3 is 5.97 Å². The molecule has 0 spiro atoms. The first-order valence-electron chi connectivity index (χ1n) is 21.4. The number of hydrogen-bond acceptors (Lipinski definition) is 15. The Morgan fingerprint density at radius 2 is 1.67 bits per heavy atom. The standard InChI is InChI=1S/C43H71N3O13S/c1-14-30-43(10,51)34(47)26(6)45-37(49)22(2)19-42(9,53-13)36(24(4)32(25(5)38(50)57-30)58-31-20-41(8,52-12)35(48)27(7)56-31)59-39-33-29(18-23(3)55-39)46(11)40(60-33)44-21-28-16-15-17-54-28/h15-17,22-27,29-36,39,47-48,51H,14,18-21H2,1-13H3,(H,45,49)/t22-,23-,24+,25-,26-,27+,29+,30-,31+,32+,33+,34-,35+,36-,39+,41-,42-,43-/m1/s1. The van der Waals surface area contributed by atoms with Gasteiger partial charge in [0.05, 0.1) is 71.7 Å². The molecule has 5 heterocycles. The van der Waals surface area contributed by atoms with Crippen LogP contribution in [0.2, 0.25) is 0 Å². The van der Waals surface area contributed by atoms with Gasteiger partial charge in [0.2, 0.25) is 5.91 Å². The molecule has 4 fully saturated rings. The summed E-state index contributed by atoms with van der Waals surface area (Å²) in [4.78, 5) is 35.4. The number of rotatable bonds is 9. The first-order chi connectivity index (χ1) is 28.1. The Kier molecular flexibility index (Phi) is 15.9. The molecule has 0 aliphatic carbocycles. The average Bonchev–Trinajstić information content (AvgIpc) is 3.85. The first kappa shape index (κ1) is 48.7. The van der Waals surface area contributed by atoms with Gasteiger partial charge in [0.1, 0.15) is 29.7 Å². The summed E-state index contributed by atoms with van der Waals surface area (Å²) in [6.07, 6.45) is -5.26. The van der Waals surface area contributed by atoms with Gasteiger partial charge in [-0.3, -0.25) is 14.6 Å². The number of carbonyl (C=O) groups is 2. The first-order valence-corrected chi connectivity index (χ1v) is 22.3. The lowest BCUT2D eigenvalue weighted by atomic mass is 9.77. The van der Waals surface area contributed by atoms with Crippen LogP contribution < -0.4 is 5.32 Å². The van der Waals surface area contributed by atoms with Gasteiger partial charge in [-0.2, -0.15) is 0 Å². The number of thioether (sulfide) groups is 1. The lowest BCUT2D eigenvalue weighted by Gasteiger charge is -2.49. The van der Waals surface area contributed by atoms with Gasteiger partial charge in [0, 0.05) is 39.5 Å². The second-order valence-electron chi connectivity index (χ2n) is 18.2. The number of hydrogen-bond donors (Lipinski definition) is 4. The minimum absolute atomic E-state index is 0.0121. The van der Waals surface area contributed by atoms with Gasteiger partial charge in [-0.1, -0.05) is 32.5 Å². The summed E-state index contributed by atoms with van der Waals surface area (Å²) in [6, 6.07) is 2.82. The van der Waals surface area contributed by atoms with E-state index in [2.05, 4.69) is 10.2 Å². The normalized spacial score (nSPS) is 45.7. The predicted molar refractivity (Wildman–Crippen MR) is 224 cm³/mol. The zero-order valence-electron chi connectivity index (χ0n) is 37.7. The third-order valence-corrected chi connectivity index (χ3v) is 14.9. The number of fused-ring (bicyclic) bond motifs is 1. The van der Waals surface area contributed by atoms with Gasteiger partial charge in [0.15, 0.2) is 17.7 Å². The van der Waals surface area contributed by atoms with Gasteiger partial charge in [-0.15, -0.1) is 0 Å². The number of aliphatic imine (C=N–C) groups is 1. The van der Waals surface area contributed by atoms with Gasteiger partial charge in [0.25, 0.3) is 0 Å². The van der Waals surface area contributed by atoms with Crippen LogP contribution in [0, 0.1) is 17.8 Å². The Hall–Kier alpha value is -2.32. The van der Waals surface area contributed by atoms with Crippen LogP contribution in [-0.4, -0.2) is 148 Å². The Morgan fingerprint density at radius 3 is 2.28 bits per heavy atom. The Morgan fingerprint density at radius 1 is 0.983 bits per heavy atom. The highest BCUT2D eigenvalue weighted by atomic mass is 32.2. The fraction of sp³-hybridized carbons (Fsp3) is 0.837. The van der Waals surface area contributed by atoms with Crippen molar-refractivity contribution in [2.24, 2.45) is 22.7 Å². The summed E-state index contributed by atoms with van der Waals surface area (Å²) in [5.41, 5.74) is -4.18. The van der Waals surface area contributed by atoms with Crippen LogP contribution in [0.1, 0.15) is 101 Å². The molecule has 0 aromatic carbocycles. The van der Waals surface area contributed by atoms with Crippen LogP contribution in [0.25, 0.3) is 0 Å². The molecule has 17 heteroatoms. The number of amides is 1. The molecule has 18 atom stereocenters. The van der Waals surface area contributed by atoms with E-state index < -0.39 is 95.8 Å². The number of aliphatic hydroxyl groups excluding tert-OH is 2. The highest BCUT2D eigenvalue weighted by Gasteiger charge is 2.55. The minimum Gasteiger partial charge on any atom is -0.467 e. The largest absolute Gasteiger partial charge is 0.467 e. The predicted octanol–water partition coefficient (Wildman–Crippen LogP) is 4.01. The van der Waals surface area contributed by atoms with Crippen molar-refractivity contribution in [2.45, 2.75) is 191 Å². The zero-order chi connectivity index (χ0) is 44.5. The summed E-state index contributed by atoms with van der Waals surface area (Å²) in [6.45, 7) is 17.9. The number of nitrogens with zero attached hydrogens (tertiary/aromatic N) is 2. The molecule has 0 radical (unpaired) electrons. The number of esters is 1. The van der Waals surface area contributed by atoms with Gasteiger partial charge in [-0.05, 0) is 79.9 Å². The summed E-state index contributed by atoms with van der Waals surface area (Å²) in [5, 5.41) is 37.7. The van der Waals surface area contributed by atoms with E-state index >= 15 is 0 Å². The number of nitrogens with one attached hydrogen (secondary N) is 1. The molecule has 4 aliphatic heterocycles. The van der Waals surface area contributed by atoms with E-state index in [9.17, 15) is 24.9 Å². The fourth-order valence-corrected chi connectivity index (χ4v) is 10.8. The molecule has 4 aliphatic rings. The number of methoxy groups -OCH3 is 2. The summed E-state index contributed by atoms with van der Waals surface area (Å²) < 4.78 is 50.9. The number of furan rings is 1. The third-order valence-electron chi connectivity index (χ3n) is 13.5. The van der Waals surface area contributed by atoms with E-state index in [0.29, 0.717) is 6.54 Å². The molecule has 60 heavy (non-hydrogen) atoms. The molecule has 5 rings (SSSR count). The maximum absolute atomic E-state index is 14.4. The van der Waals surface area contributed by atoms with Crippen molar-refractivity contribution < 1.29 is 62.5 Å². The average molecular weight is 870 g/mol. The van der Waals surface area contributed by atoms with E-state index in [0.717, 1.165) is 17.3 Å². The van der Waals surface area contributed by atoms with Crippen molar-refractivity contribution in [3.05, 3.63) is 24.2 Å². The highest BCUT2D eigenvalue weighted by molar-refractivity contribution is 8.14. The summed E-state index contributed by atoms with van der Waals surface area (Å²) >= 11 is 1.57. The van der Waals surface area contributed by atoms with Crippen LogP contribution in [0.4, 0.5) is 0 Å². The van der Waals surface area contributed by atoms with Crippen molar-refractivity contribution in [3.8, 4) is 0 Å². The van der Waals surface area contributed by atoms with Gasteiger partial charge < -0.3 is 63.1 Å². The van der Waals surface area contributed by atoms with Crippen molar-refractivity contribution in [1.82, 2.24) is 10.2 Å². The topological polar surface area (TPSA) is 200 Å². The number of amidine groups is 1. The Bertz CT molecular complexity index is 1620. The molecule has 0 unspecified atom stereocenters. The quantitative estimate of drug-likeness (QED) is 0.260. The SMILES string of the molecule is CC[C@H]1OC(=O)[C@H](C)[C@@H](O[C@H]2C[C@@](C)(OC)[C@@H](O)[C@H](C)O2)[C@H](C)[C@@H](O[C@@H]2O[C@H](C)C[C@H]3[C@@H]2SC(=NCc2ccco2)N3C)[C@](C)(OC)C[C@@H](C)C(=O)N[C@H](C)[C@@H](O)[C@]1(C)O. The lowest BCUT2D eigenvalue weighted by molar-refractivity contribution is -0.308. The van der Waals surface area contributed by atoms with E-state index in [1.807, 2.05) is 40.0 Å². The van der Waals surface area contributed by atoms with E-state index in [-0.39, 0.29) is 42.6 Å². The molecule has 342 valence electrons. The molecule has 0 saturated carbocycles. The lowest BCUT2D eigenvalue weighted by Crippen LogP contribution is -2.60. The molecule has 4 saturated heterocycles. The molecule has 4 N–H and O–H groups in total. The van der Waals surface area contributed by atoms with Crippen molar-refractivity contribution in [2.75, 3.05) is 21.3 Å². The van der Waals surface area contributed by atoms with E-state index in [1.54, 1.807) is 66.7 Å². The molecule has 1 amide bonds. The molecule has 0 bridgehead atoms. The molecular weight excluding hydrogens is 799 g/mol. The monoisotopic (exact) mass is 869 g/mol. The second kappa shape index (κ2) is 19.6. The summed E-state index contributed by atoms with van der Waals surface area (Å²) in [5.74, 6) is -2.67. The minimum atomic E-state index is -1.94. The fourth-order valence-electron chi connectivity index (χ4n) is 9.45. The van der Waals surface area contributed by atoms with Crippen LogP contribution in [0.5, 0.6) is 0 Å². The molecule has 16 nitrogen and oxygen atoms in total. The smallest absolute Gasteiger partial charge is 0.311 e. The van der Waals surface area contributed by atoms with E-state index in [1.165, 1.54) is 14.0 Å². The molecular formula is C43H71N3O13S. The maximum atomic E-state index is 14.4. The summed E-state index contributed by atoms with van der Waals surface area (Å²) in [7, 11) is 5.10. The number of ether oxygens (including phenoxy) is 7. The number of cyclic esters (lactones) is 1. The van der Waals surface area contributed by atoms with Crippen molar-refractivity contribution >= 4 is 28.8 Å². The van der Waals surface area contributed by atoms with Gasteiger partial charge in [-0.25, -0.2) is 0 Å². The molecule has 1 aromatic heterocycles. The van der Waals surface area contributed by atoms with Crippen LogP contribution in [0.3, 0.4) is 0 Å². The number of aliphatic hydroxyl groups is 3. The maximum Gasteiger partial charge on any atom is 0.311 e. The third kappa shape index (κ3) is 10.2.